The Morgan fingerprint density at radius 1 is 1.10 bits per heavy atom. The molecule has 1 saturated heterocycles. The van der Waals surface area contributed by atoms with Crippen molar-refractivity contribution in [2.75, 3.05) is 13.1 Å². The molecule has 6 heteroatoms. The van der Waals surface area contributed by atoms with Crippen molar-refractivity contribution in [2.24, 2.45) is 0 Å². The van der Waals surface area contributed by atoms with Crippen LogP contribution in [-0.2, 0) is 6.54 Å². The normalized spacial score (nSPS) is 14.6. The van der Waals surface area contributed by atoms with Crippen LogP contribution in [0.3, 0.4) is 0 Å². The lowest BCUT2D eigenvalue weighted by Crippen LogP contribution is -2.44. The molecule has 0 atom stereocenters. The number of nitrogens with zero attached hydrogens (tertiary/aromatic N) is 4. The van der Waals surface area contributed by atoms with E-state index in [1.54, 1.807) is 6.20 Å². The fourth-order valence-electron chi connectivity index (χ4n) is 3.92. The Kier molecular flexibility index (Phi) is 4.23. The number of aromatic nitrogens is 3. The van der Waals surface area contributed by atoms with Gasteiger partial charge in [0, 0.05) is 43.0 Å². The highest BCUT2D eigenvalue weighted by Crippen LogP contribution is 2.28. The maximum absolute atomic E-state index is 12.5. The van der Waals surface area contributed by atoms with Crippen molar-refractivity contribution in [3.63, 3.8) is 0 Å². The summed E-state index contributed by atoms with van der Waals surface area (Å²) in [5.41, 5.74) is 4.22. The first-order chi connectivity index (χ1) is 14.2. The van der Waals surface area contributed by atoms with E-state index < -0.39 is 0 Å². The van der Waals surface area contributed by atoms with E-state index in [1.165, 1.54) is 5.56 Å². The van der Waals surface area contributed by atoms with Crippen LogP contribution < -0.4 is 5.56 Å². The second kappa shape index (κ2) is 7.04. The van der Waals surface area contributed by atoms with Gasteiger partial charge in [0.2, 0.25) is 0 Å². The fourth-order valence-corrected chi connectivity index (χ4v) is 3.92. The number of hydrogen-bond acceptors (Lipinski definition) is 4. The Morgan fingerprint density at radius 2 is 1.86 bits per heavy atom. The zero-order chi connectivity index (χ0) is 19.8. The van der Waals surface area contributed by atoms with Crippen LogP contribution in [0.4, 0.5) is 0 Å². The van der Waals surface area contributed by atoms with Gasteiger partial charge in [-0.2, -0.15) is 5.26 Å². The minimum absolute atomic E-state index is 0.124. The molecule has 2 aromatic carbocycles. The summed E-state index contributed by atoms with van der Waals surface area (Å²) in [5.74, 6) is 1.23. The number of hydrogen-bond donors (Lipinski definition) is 1. The fraction of sp³-hybridized carbons (Fsp3) is 0.174. The first kappa shape index (κ1) is 17.4. The number of benzene rings is 2. The number of fused-ring (bicyclic) bond motifs is 1. The molecular weight excluding hydrogens is 362 g/mol. The van der Waals surface area contributed by atoms with Crippen molar-refractivity contribution in [3.05, 3.63) is 94.2 Å². The maximum Gasteiger partial charge on any atom is 0.274 e. The first-order valence-corrected chi connectivity index (χ1v) is 9.58. The van der Waals surface area contributed by atoms with E-state index in [4.69, 9.17) is 5.26 Å². The molecule has 1 aliphatic rings. The summed E-state index contributed by atoms with van der Waals surface area (Å²) in [6, 6.07) is 19.8. The standard InChI is InChI=1S/C23H19N5O/c24-10-16-6-8-17(9-7-16)19-12-27(13-19)14-20-15-28-21(23(29)26-20)11-25-22(28)18-4-2-1-3-5-18/h1-9,11,15,19H,12-14H2,(H,26,29). The number of rotatable bonds is 4. The molecule has 0 radical (unpaired) electrons. The molecule has 0 saturated carbocycles. The van der Waals surface area contributed by atoms with Crippen molar-refractivity contribution >= 4 is 5.52 Å². The van der Waals surface area contributed by atoms with Crippen molar-refractivity contribution in [3.8, 4) is 17.5 Å². The summed E-state index contributed by atoms with van der Waals surface area (Å²) >= 11 is 0. The van der Waals surface area contributed by atoms with E-state index in [-0.39, 0.29) is 5.56 Å². The third kappa shape index (κ3) is 3.22. The van der Waals surface area contributed by atoms with Gasteiger partial charge in [0.05, 0.1) is 17.8 Å². The van der Waals surface area contributed by atoms with Crippen molar-refractivity contribution < 1.29 is 0 Å². The molecular formula is C23H19N5O. The van der Waals surface area contributed by atoms with E-state index in [1.807, 2.05) is 65.2 Å². The Morgan fingerprint density at radius 3 is 2.59 bits per heavy atom. The third-order valence-corrected chi connectivity index (χ3v) is 5.48. The van der Waals surface area contributed by atoms with Crippen molar-refractivity contribution in [1.82, 2.24) is 19.3 Å². The van der Waals surface area contributed by atoms with Crippen LogP contribution in [0.25, 0.3) is 16.9 Å². The lowest BCUT2D eigenvalue weighted by molar-refractivity contribution is 0.137. The van der Waals surface area contributed by atoms with Gasteiger partial charge in [0.15, 0.2) is 0 Å². The molecule has 0 aliphatic carbocycles. The summed E-state index contributed by atoms with van der Waals surface area (Å²) in [7, 11) is 0. The lowest BCUT2D eigenvalue weighted by atomic mass is 9.91. The van der Waals surface area contributed by atoms with Gasteiger partial charge in [0.25, 0.3) is 5.56 Å². The average Bonchev–Trinajstić information content (AvgIpc) is 3.16. The van der Waals surface area contributed by atoms with Crippen molar-refractivity contribution in [1.29, 1.82) is 5.26 Å². The highest BCUT2D eigenvalue weighted by atomic mass is 16.1. The van der Waals surface area contributed by atoms with Crippen LogP contribution in [0.2, 0.25) is 0 Å². The van der Waals surface area contributed by atoms with Gasteiger partial charge in [-0.1, -0.05) is 42.5 Å². The number of H-pyrrole nitrogens is 1. The zero-order valence-electron chi connectivity index (χ0n) is 15.7. The van der Waals surface area contributed by atoms with E-state index in [0.717, 1.165) is 30.2 Å². The van der Waals surface area contributed by atoms with Gasteiger partial charge >= 0.3 is 0 Å². The molecule has 5 rings (SSSR count). The van der Waals surface area contributed by atoms with Crippen LogP contribution in [-0.4, -0.2) is 32.4 Å². The Bertz CT molecular complexity index is 1260. The Balaban J connectivity index is 1.35. The van der Waals surface area contributed by atoms with Crippen LogP contribution >= 0.6 is 0 Å². The molecule has 0 amide bonds. The Hall–Kier alpha value is -3.69. The SMILES string of the molecule is N#Cc1ccc(C2CN(Cc3cn4c(-c5ccccc5)ncc4c(=O)[nH]3)C2)cc1. The molecule has 0 spiro atoms. The molecule has 1 aliphatic heterocycles. The molecule has 1 N–H and O–H groups in total. The predicted octanol–water partition coefficient (Wildman–Crippen LogP) is 3.16. The summed E-state index contributed by atoms with van der Waals surface area (Å²) < 4.78 is 1.88. The van der Waals surface area contributed by atoms with Crippen LogP contribution in [0.1, 0.15) is 22.7 Å². The number of likely N-dealkylation sites (tertiary alicyclic amines) is 1. The summed E-state index contributed by atoms with van der Waals surface area (Å²) in [4.78, 5) is 22.3. The van der Waals surface area contributed by atoms with Gasteiger partial charge in [-0.05, 0) is 17.7 Å². The molecule has 4 aromatic rings. The van der Waals surface area contributed by atoms with Gasteiger partial charge in [0.1, 0.15) is 11.3 Å². The number of imidazole rings is 1. The molecule has 0 unspecified atom stereocenters. The van der Waals surface area contributed by atoms with Crippen LogP contribution in [0.15, 0.2) is 71.8 Å². The maximum atomic E-state index is 12.5. The topological polar surface area (TPSA) is 77.2 Å². The van der Waals surface area contributed by atoms with E-state index in [9.17, 15) is 4.79 Å². The smallest absolute Gasteiger partial charge is 0.274 e. The van der Waals surface area contributed by atoms with Gasteiger partial charge in [-0.25, -0.2) is 4.98 Å². The summed E-state index contributed by atoms with van der Waals surface area (Å²) in [6.07, 6.45) is 3.59. The quantitative estimate of drug-likeness (QED) is 0.589. The largest absolute Gasteiger partial charge is 0.322 e. The lowest BCUT2D eigenvalue weighted by Gasteiger charge is -2.39. The molecule has 29 heavy (non-hydrogen) atoms. The minimum Gasteiger partial charge on any atom is -0.322 e. The van der Waals surface area contributed by atoms with Crippen LogP contribution in [0, 0.1) is 11.3 Å². The predicted molar refractivity (Wildman–Crippen MR) is 110 cm³/mol. The van der Waals surface area contributed by atoms with Crippen molar-refractivity contribution in [2.45, 2.75) is 12.5 Å². The van der Waals surface area contributed by atoms with E-state index in [0.29, 0.717) is 23.5 Å². The highest BCUT2D eigenvalue weighted by Gasteiger charge is 2.28. The van der Waals surface area contributed by atoms with Crippen LogP contribution in [0.5, 0.6) is 0 Å². The first-order valence-electron chi connectivity index (χ1n) is 9.58. The monoisotopic (exact) mass is 381 g/mol. The molecule has 3 heterocycles. The van der Waals surface area contributed by atoms with E-state index >= 15 is 0 Å². The number of nitrogens with one attached hydrogen (secondary N) is 1. The summed E-state index contributed by atoms with van der Waals surface area (Å²) in [5, 5.41) is 8.93. The minimum atomic E-state index is -0.124. The molecule has 142 valence electrons. The van der Waals surface area contributed by atoms with Gasteiger partial charge < -0.3 is 4.98 Å². The molecule has 2 aromatic heterocycles. The average molecular weight is 381 g/mol. The second-order valence-electron chi connectivity index (χ2n) is 7.44. The van der Waals surface area contributed by atoms with E-state index in [2.05, 4.69) is 20.9 Å². The Labute approximate surface area is 167 Å². The second-order valence-corrected chi connectivity index (χ2v) is 7.44. The highest BCUT2D eigenvalue weighted by molar-refractivity contribution is 5.61. The summed E-state index contributed by atoms with van der Waals surface area (Å²) in [6.45, 7) is 2.55. The zero-order valence-corrected chi connectivity index (χ0v) is 15.7. The molecule has 6 nitrogen and oxygen atoms in total. The third-order valence-electron chi connectivity index (χ3n) is 5.48. The number of nitriles is 1. The van der Waals surface area contributed by atoms with Gasteiger partial charge in [-0.15, -0.1) is 0 Å². The van der Waals surface area contributed by atoms with Gasteiger partial charge in [-0.3, -0.25) is 14.1 Å². The number of aromatic amines is 1. The molecule has 0 bridgehead atoms. The molecule has 1 fully saturated rings.